The molecule has 2 N–H and O–H groups in total. The maximum atomic E-state index is 12.2. The van der Waals surface area contributed by atoms with Gasteiger partial charge in [0.05, 0.1) is 12.7 Å². The van der Waals surface area contributed by atoms with Crippen molar-refractivity contribution in [1.82, 2.24) is 5.32 Å². The number of carbonyl (C=O) groups is 2. The second-order valence-corrected chi connectivity index (χ2v) is 7.54. The topological polar surface area (TPSA) is 75.6 Å². The summed E-state index contributed by atoms with van der Waals surface area (Å²) in [6.07, 6.45) is -0.771. The predicted octanol–water partition coefficient (Wildman–Crippen LogP) is 3.73. The molecule has 1 amide bonds. The lowest BCUT2D eigenvalue weighted by Gasteiger charge is -2.10. The van der Waals surface area contributed by atoms with E-state index in [1.807, 2.05) is 29.6 Å². The van der Waals surface area contributed by atoms with Crippen LogP contribution in [0.2, 0.25) is 0 Å². The zero-order valence-electron chi connectivity index (χ0n) is 14.0. The molecule has 0 saturated carbocycles. The van der Waals surface area contributed by atoms with Gasteiger partial charge < -0.3 is 15.2 Å². The Kier molecular flexibility index (Phi) is 5.82. The molecule has 0 aliphatic rings. The van der Waals surface area contributed by atoms with E-state index in [1.165, 1.54) is 30.6 Å². The second-order valence-electron chi connectivity index (χ2n) is 5.47. The monoisotopic (exact) mass is 387 g/mol. The molecule has 0 aliphatic carbocycles. The first kappa shape index (κ1) is 18.3. The lowest BCUT2D eigenvalue weighted by molar-refractivity contribution is 0.0600. The zero-order valence-corrected chi connectivity index (χ0v) is 15.6. The van der Waals surface area contributed by atoms with Gasteiger partial charge in [-0.25, -0.2) is 4.79 Å². The molecule has 1 atom stereocenters. The highest BCUT2D eigenvalue weighted by Crippen LogP contribution is 2.33. The largest absolute Gasteiger partial charge is 0.465 e. The van der Waals surface area contributed by atoms with Crippen molar-refractivity contribution < 1.29 is 19.4 Å². The molecule has 26 heavy (non-hydrogen) atoms. The molecule has 0 bridgehead atoms. The van der Waals surface area contributed by atoms with Gasteiger partial charge in [-0.3, -0.25) is 4.79 Å². The number of methoxy groups -OCH3 is 1. The number of hydrogen-bond donors (Lipinski definition) is 2. The third-order valence-electron chi connectivity index (χ3n) is 3.74. The average molecular weight is 387 g/mol. The van der Waals surface area contributed by atoms with Crippen LogP contribution < -0.4 is 5.32 Å². The summed E-state index contributed by atoms with van der Waals surface area (Å²) in [6.45, 7) is 0.113. The van der Waals surface area contributed by atoms with Crippen LogP contribution in [0.15, 0.2) is 53.9 Å². The highest BCUT2D eigenvalue weighted by molar-refractivity contribution is 7.21. The summed E-state index contributed by atoms with van der Waals surface area (Å²) in [7, 11) is 1.30. The molecule has 1 aromatic carbocycles. The number of carbonyl (C=O) groups excluding carboxylic acids is 2. The third-order valence-corrected chi connectivity index (χ3v) is 6.00. The van der Waals surface area contributed by atoms with Crippen molar-refractivity contribution in [3.63, 3.8) is 0 Å². The number of ether oxygens (including phenoxy) is 1. The van der Waals surface area contributed by atoms with Crippen molar-refractivity contribution in [3.05, 3.63) is 69.9 Å². The van der Waals surface area contributed by atoms with Crippen LogP contribution in [-0.4, -0.2) is 30.6 Å². The van der Waals surface area contributed by atoms with Crippen molar-refractivity contribution in [2.75, 3.05) is 13.7 Å². The molecule has 2 heterocycles. The Hall–Kier alpha value is -2.48. The first-order valence-electron chi connectivity index (χ1n) is 7.86. The second kappa shape index (κ2) is 8.27. The molecule has 7 heteroatoms. The van der Waals surface area contributed by atoms with Gasteiger partial charge in [-0.2, -0.15) is 0 Å². The Bertz CT molecular complexity index is 885. The van der Waals surface area contributed by atoms with E-state index in [4.69, 9.17) is 0 Å². The molecule has 0 spiro atoms. The van der Waals surface area contributed by atoms with Gasteiger partial charge in [0, 0.05) is 26.7 Å². The number of rotatable bonds is 6. The van der Waals surface area contributed by atoms with E-state index in [-0.39, 0.29) is 12.5 Å². The fraction of sp³-hybridized carbons (Fsp3) is 0.158. The number of aliphatic hydroxyl groups excluding tert-OH is 1. The number of hydrogen-bond acceptors (Lipinski definition) is 6. The number of aliphatic hydroxyl groups is 1. The maximum absolute atomic E-state index is 12.2. The van der Waals surface area contributed by atoms with E-state index >= 15 is 0 Å². The summed E-state index contributed by atoms with van der Waals surface area (Å²) in [5.41, 5.74) is 0.791. The summed E-state index contributed by atoms with van der Waals surface area (Å²) < 4.78 is 4.62. The van der Waals surface area contributed by atoms with Gasteiger partial charge in [0.25, 0.3) is 5.91 Å². The predicted molar refractivity (Wildman–Crippen MR) is 103 cm³/mol. The quantitative estimate of drug-likeness (QED) is 0.632. The normalized spacial score (nSPS) is 11.8. The SMILES string of the molecule is COC(=O)c1ccc(C(=O)NC[C@H](O)c2ccc(-c3cccs3)s2)cc1. The van der Waals surface area contributed by atoms with E-state index in [0.717, 1.165) is 14.6 Å². The highest BCUT2D eigenvalue weighted by atomic mass is 32.1. The van der Waals surface area contributed by atoms with Gasteiger partial charge in [-0.15, -0.1) is 22.7 Å². The molecule has 0 saturated heterocycles. The molecular formula is C19H17NO4S2. The maximum Gasteiger partial charge on any atom is 0.337 e. The van der Waals surface area contributed by atoms with Crippen LogP contribution in [0.25, 0.3) is 9.75 Å². The number of thiophene rings is 2. The average Bonchev–Trinajstić information content (AvgIpc) is 3.36. The lowest BCUT2D eigenvalue weighted by atomic mass is 10.1. The van der Waals surface area contributed by atoms with Gasteiger partial charge in [0.1, 0.15) is 6.10 Å². The third kappa shape index (κ3) is 4.19. The van der Waals surface area contributed by atoms with Gasteiger partial charge in [0.15, 0.2) is 0 Å². The van der Waals surface area contributed by atoms with Crippen molar-refractivity contribution in [1.29, 1.82) is 0 Å². The molecule has 134 valence electrons. The Balaban J connectivity index is 1.58. The molecule has 0 unspecified atom stereocenters. The molecule has 0 aliphatic heterocycles. The van der Waals surface area contributed by atoms with E-state index in [9.17, 15) is 14.7 Å². The van der Waals surface area contributed by atoms with Crippen LogP contribution >= 0.6 is 22.7 Å². The van der Waals surface area contributed by atoms with Crippen LogP contribution in [0.5, 0.6) is 0 Å². The number of esters is 1. The summed E-state index contributed by atoms with van der Waals surface area (Å²) >= 11 is 3.16. The van der Waals surface area contributed by atoms with Gasteiger partial charge >= 0.3 is 5.97 Å². The van der Waals surface area contributed by atoms with Crippen molar-refractivity contribution in [3.8, 4) is 9.75 Å². The van der Waals surface area contributed by atoms with E-state index in [0.29, 0.717) is 11.1 Å². The van der Waals surface area contributed by atoms with Crippen LogP contribution in [-0.2, 0) is 4.74 Å². The van der Waals surface area contributed by atoms with E-state index in [2.05, 4.69) is 10.1 Å². The lowest BCUT2D eigenvalue weighted by Crippen LogP contribution is -2.28. The number of benzene rings is 1. The number of amides is 1. The van der Waals surface area contributed by atoms with E-state index < -0.39 is 12.1 Å². The molecular weight excluding hydrogens is 370 g/mol. The Morgan fingerprint density at radius 2 is 1.81 bits per heavy atom. The smallest absolute Gasteiger partial charge is 0.337 e. The Morgan fingerprint density at radius 1 is 1.08 bits per heavy atom. The molecule has 5 nitrogen and oxygen atoms in total. The minimum atomic E-state index is -0.771. The van der Waals surface area contributed by atoms with Crippen LogP contribution in [0.1, 0.15) is 31.7 Å². The molecule has 3 aromatic rings. The molecule has 2 aromatic heterocycles. The van der Waals surface area contributed by atoms with Crippen molar-refractivity contribution in [2.24, 2.45) is 0 Å². The van der Waals surface area contributed by atoms with Crippen molar-refractivity contribution in [2.45, 2.75) is 6.10 Å². The fourth-order valence-electron chi connectivity index (χ4n) is 2.35. The Morgan fingerprint density at radius 3 is 2.46 bits per heavy atom. The molecule has 0 radical (unpaired) electrons. The first-order chi connectivity index (χ1) is 12.6. The first-order valence-corrected chi connectivity index (χ1v) is 9.56. The van der Waals surface area contributed by atoms with Gasteiger partial charge in [-0.1, -0.05) is 6.07 Å². The zero-order chi connectivity index (χ0) is 18.5. The van der Waals surface area contributed by atoms with Crippen LogP contribution in [0, 0.1) is 0 Å². The molecule has 0 fully saturated rings. The van der Waals surface area contributed by atoms with Gasteiger partial charge in [0.2, 0.25) is 0 Å². The fourth-order valence-corrected chi connectivity index (χ4v) is 4.18. The van der Waals surface area contributed by atoms with Crippen LogP contribution in [0.4, 0.5) is 0 Å². The Labute approximate surface area is 158 Å². The minimum absolute atomic E-state index is 0.113. The van der Waals surface area contributed by atoms with Crippen LogP contribution in [0.3, 0.4) is 0 Å². The number of nitrogens with one attached hydrogen (secondary N) is 1. The molecule has 3 rings (SSSR count). The van der Waals surface area contributed by atoms with Gasteiger partial charge in [-0.05, 0) is 47.8 Å². The standard InChI is InChI=1S/C19H17NO4S2/c1-24-19(23)13-6-4-12(5-7-13)18(22)20-11-14(21)15-8-9-17(26-15)16-3-2-10-25-16/h2-10,14,21H,11H2,1H3,(H,20,22)/t14-/m0/s1. The summed E-state index contributed by atoms with van der Waals surface area (Å²) in [4.78, 5) is 26.6. The van der Waals surface area contributed by atoms with Crippen molar-refractivity contribution >= 4 is 34.6 Å². The minimum Gasteiger partial charge on any atom is -0.465 e. The van der Waals surface area contributed by atoms with E-state index in [1.54, 1.807) is 23.5 Å². The summed E-state index contributed by atoms with van der Waals surface area (Å²) in [5.74, 6) is -0.762. The summed E-state index contributed by atoms with van der Waals surface area (Å²) in [6, 6.07) is 14.0. The highest BCUT2D eigenvalue weighted by Gasteiger charge is 2.14. The summed E-state index contributed by atoms with van der Waals surface area (Å²) in [5, 5.41) is 15.0.